The Kier molecular flexibility index (Phi) is 4.52. The fourth-order valence-corrected chi connectivity index (χ4v) is 2.18. The Morgan fingerprint density at radius 2 is 2.11 bits per heavy atom. The molecule has 19 heavy (non-hydrogen) atoms. The number of amides is 2. The molecule has 5 heteroatoms. The van der Waals surface area contributed by atoms with Crippen LogP contribution in [0.1, 0.15) is 18.4 Å². The standard InChI is InChI=1S/C14H18N2O3/c15-8-4-7-13(17)16-12(10-19-14(16)18)9-11-5-2-1-3-6-11/h1-3,5-6,12H,4,7-10,15H2/t12-/m1/s1. The minimum absolute atomic E-state index is 0.200. The molecule has 1 saturated heterocycles. The molecule has 2 amide bonds. The second kappa shape index (κ2) is 6.33. The lowest BCUT2D eigenvalue weighted by molar-refractivity contribution is -0.129. The van der Waals surface area contributed by atoms with E-state index in [1.54, 1.807) is 0 Å². The lowest BCUT2D eigenvalue weighted by Crippen LogP contribution is -2.40. The van der Waals surface area contributed by atoms with Gasteiger partial charge in [0.05, 0.1) is 6.04 Å². The van der Waals surface area contributed by atoms with Gasteiger partial charge in [-0.25, -0.2) is 9.69 Å². The van der Waals surface area contributed by atoms with Crippen molar-refractivity contribution >= 4 is 12.0 Å². The number of hydrogen-bond acceptors (Lipinski definition) is 4. The maximum absolute atomic E-state index is 12.0. The van der Waals surface area contributed by atoms with Crippen LogP contribution in [0, 0.1) is 0 Å². The van der Waals surface area contributed by atoms with Gasteiger partial charge in [0.1, 0.15) is 6.61 Å². The average Bonchev–Trinajstić information content (AvgIpc) is 2.78. The van der Waals surface area contributed by atoms with E-state index in [9.17, 15) is 9.59 Å². The molecule has 0 bridgehead atoms. The van der Waals surface area contributed by atoms with Crippen molar-refractivity contribution in [1.82, 2.24) is 4.90 Å². The number of carbonyl (C=O) groups excluding carboxylic acids is 2. The molecule has 1 heterocycles. The van der Waals surface area contributed by atoms with E-state index in [-0.39, 0.29) is 25.0 Å². The molecule has 2 N–H and O–H groups in total. The molecular formula is C14H18N2O3. The fraction of sp³-hybridized carbons (Fsp3) is 0.429. The largest absolute Gasteiger partial charge is 0.447 e. The quantitative estimate of drug-likeness (QED) is 0.868. The molecule has 2 rings (SSSR count). The summed E-state index contributed by atoms with van der Waals surface area (Å²) in [7, 11) is 0. The van der Waals surface area contributed by atoms with Gasteiger partial charge < -0.3 is 10.5 Å². The Labute approximate surface area is 112 Å². The number of nitrogens with two attached hydrogens (primary N) is 1. The number of ether oxygens (including phenoxy) is 1. The van der Waals surface area contributed by atoms with E-state index in [1.807, 2.05) is 30.3 Å². The van der Waals surface area contributed by atoms with Crippen LogP contribution in [0.3, 0.4) is 0 Å². The van der Waals surface area contributed by atoms with Crippen LogP contribution in [0.15, 0.2) is 30.3 Å². The van der Waals surface area contributed by atoms with E-state index in [0.29, 0.717) is 19.4 Å². The molecule has 1 aromatic rings. The molecule has 102 valence electrons. The van der Waals surface area contributed by atoms with Crippen molar-refractivity contribution in [3.63, 3.8) is 0 Å². The van der Waals surface area contributed by atoms with Crippen LogP contribution in [0.4, 0.5) is 4.79 Å². The van der Waals surface area contributed by atoms with Gasteiger partial charge in [-0.15, -0.1) is 0 Å². The fourth-order valence-electron chi connectivity index (χ4n) is 2.18. The molecule has 1 fully saturated rings. The molecule has 0 aromatic heterocycles. The molecular weight excluding hydrogens is 244 g/mol. The van der Waals surface area contributed by atoms with Crippen LogP contribution in [-0.4, -0.2) is 36.1 Å². The van der Waals surface area contributed by atoms with Crippen LogP contribution in [0.5, 0.6) is 0 Å². The Bertz CT molecular complexity index is 447. The van der Waals surface area contributed by atoms with Crippen LogP contribution in [0.25, 0.3) is 0 Å². The van der Waals surface area contributed by atoms with E-state index in [4.69, 9.17) is 10.5 Å². The molecule has 0 radical (unpaired) electrons. The van der Waals surface area contributed by atoms with Crippen LogP contribution < -0.4 is 5.73 Å². The van der Waals surface area contributed by atoms with Crippen molar-refractivity contribution in [2.24, 2.45) is 5.73 Å². The molecule has 0 spiro atoms. The Hall–Kier alpha value is -1.88. The highest BCUT2D eigenvalue weighted by Gasteiger charge is 2.37. The summed E-state index contributed by atoms with van der Waals surface area (Å²) >= 11 is 0. The maximum Gasteiger partial charge on any atom is 0.416 e. The van der Waals surface area contributed by atoms with Crippen molar-refractivity contribution in [3.05, 3.63) is 35.9 Å². The maximum atomic E-state index is 12.0. The molecule has 1 aliphatic rings. The first-order valence-corrected chi connectivity index (χ1v) is 6.45. The Balaban J connectivity index is 2.03. The molecule has 0 saturated carbocycles. The van der Waals surface area contributed by atoms with E-state index < -0.39 is 6.09 Å². The van der Waals surface area contributed by atoms with E-state index >= 15 is 0 Å². The van der Waals surface area contributed by atoms with Crippen LogP contribution in [-0.2, 0) is 16.0 Å². The first-order valence-electron chi connectivity index (χ1n) is 6.45. The van der Waals surface area contributed by atoms with Crippen molar-refractivity contribution in [1.29, 1.82) is 0 Å². The molecule has 0 aliphatic carbocycles. The van der Waals surface area contributed by atoms with Crippen molar-refractivity contribution in [2.45, 2.75) is 25.3 Å². The number of cyclic esters (lactones) is 1. The zero-order valence-corrected chi connectivity index (χ0v) is 10.7. The van der Waals surface area contributed by atoms with Gasteiger partial charge in [-0.05, 0) is 24.9 Å². The second-order valence-electron chi connectivity index (χ2n) is 4.58. The Morgan fingerprint density at radius 3 is 2.79 bits per heavy atom. The van der Waals surface area contributed by atoms with Gasteiger partial charge in [0, 0.05) is 6.42 Å². The summed E-state index contributed by atoms with van der Waals surface area (Å²) in [6.07, 6.45) is 0.960. The van der Waals surface area contributed by atoms with Crippen molar-refractivity contribution < 1.29 is 14.3 Å². The molecule has 0 unspecified atom stereocenters. The normalized spacial score (nSPS) is 18.5. The molecule has 1 aromatic carbocycles. The van der Waals surface area contributed by atoms with E-state index in [0.717, 1.165) is 5.56 Å². The van der Waals surface area contributed by atoms with Crippen LogP contribution >= 0.6 is 0 Å². The van der Waals surface area contributed by atoms with Gasteiger partial charge in [0.25, 0.3) is 0 Å². The number of benzene rings is 1. The minimum Gasteiger partial charge on any atom is -0.447 e. The molecule has 1 aliphatic heterocycles. The number of carbonyl (C=O) groups is 2. The SMILES string of the molecule is NCCCC(=O)N1C(=O)OC[C@H]1Cc1ccccc1. The monoisotopic (exact) mass is 262 g/mol. The second-order valence-corrected chi connectivity index (χ2v) is 4.58. The summed E-state index contributed by atoms with van der Waals surface area (Å²) in [6, 6.07) is 9.56. The van der Waals surface area contributed by atoms with Gasteiger partial charge in [0.2, 0.25) is 5.91 Å². The third-order valence-corrected chi connectivity index (χ3v) is 3.14. The van der Waals surface area contributed by atoms with E-state index in [2.05, 4.69) is 0 Å². The summed E-state index contributed by atoms with van der Waals surface area (Å²) < 4.78 is 4.99. The summed E-state index contributed by atoms with van der Waals surface area (Å²) in [5.41, 5.74) is 6.47. The predicted molar refractivity (Wildman–Crippen MR) is 70.4 cm³/mol. The smallest absolute Gasteiger partial charge is 0.416 e. The topological polar surface area (TPSA) is 72.6 Å². The summed E-state index contributed by atoms with van der Waals surface area (Å²) in [5.74, 6) is -0.200. The highest BCUT2D eigenvalue weighted by Crippen LogP contribution is 2.18. The molecule has 5 nitrogen and oxygen atoms in total. The zero-order chi connectivity index (χ0) is 13.7. The number of imide groups is 1. The summed E-state index contributed by atoms with van der Waals surface area (Å²) in [6.45, 7) is 0.708. The van der Waals surface area contributed by atoms with Gasteiger partial charge in [-0.1, -0.05) is 30.3 Å². The predicted octanol–water partition coefficient (Wildman–Crippen LogP) is 1.32. The van der Waals surface area contributed by atoms with Crippen molar-refractivity contribution in [2.75, 3.05) is 13.2 Å². The first-order chi connectivity index (χ1) is 9.22. The van der Waals surface area contributed by atoms with Gasteiger partial charge in [-0.3, -0.25) is 4.79 Å². The molecule has 1 atom stereocenters. The van der Waals surface area contributed by atoms with Gasteiger partial charge >= 0.3 is 6.09 Å². The zero-order valence-electron chi connectivity index (χ0n) is 10.7. The lowest BCUT2D eigenvalue weighted by Gasteiger charge is -2.19. The summed E-state index contributed by atoms with van der Waals surface area (Å²) in [4.78, 5) is 24.9. The summed E-state index contributed by atoms with van der Waals surface area (Å²) in [5, 5.41) is 0. The van der Waals surface area contributed by atoms with Gasteiger partial charge in [-0.2, -0.15) is 0 Å². The highest BCUT2D eigenvalue weighted by atomic mass is 16.6. The average molecular weight is 262 g/mol. The van der Waals surface area contributed by atoms with Gasteiger partial charge in [0.15, 0.2) is 0 Å². The highest BCUT2D eigenvalue weighted by molar-refractivity contribution is 5.93. The third kappa shape index (κ3) is 3.32. The van der Waals surface area contributed by atoms with Crippen molar-refractivity contribution in [3.8, 4) is 0 Å². The minimum atomic E-state index is -0.539. The number of hydrogen-bond donors (Lipinski definition) is 1. The van der Waals surface area contributed by atoms with Crippen LogP contribution in [0.2, 0.25) is 0 Å². The number of nitrogens with zero attached hydrogens (tertiary/aromatic N) is 1. The third-order valence-electron chi connectivity index (χ3n) is 3.14. The first kappa shape index (κ1) is 13.5. The van der Waals surface area contributed by atoms with E-state index in [1.165, 1.54) is 4.90 Å². The number of rotatable bonds is 5. The Morgan fingerprint density at radius 1 is 1.37 bits per heavy atom. The lowest BCUT2D eigenvalue weighted by atomic mass is 10.1.